The molecule has 1 atom stereocenters. The fraction of sp³-hybridized carbons (Fsp3) is 0.500. The molecule has 112 valence electrons. The van der Waals surface area contributed by atoms with Gasteiger partial charge in [0.2, 0.25) is 0 Å². The molecule has 0 N–H and O–H groups in total. The Labute approximate surface area is 114 Å². The van der Waals surface area contributed by atoms with Crippen LogP contribution < -0.4 is 4.57 Å². The van der Waals surface area contributed by atoms with Gasteiger partial charge in [0, 0.05) is 25.0 Å². The maximum absolute atomic E-state index is 11.4. The summed E-state index contributed by atoms with van der Waals surface area (Å²) in [5, 5.41) is 0. The maximum Gasteiger partial charge on any atom is 0.673 e. The Morgan fingerprint density at radius 1 is 1.40 bits per heavy atom. The molecular weight excluding hydrogens is 277 g/mol. The minimum atomic E-state index is -6.00. The van der Waals surface area contributed by atoms with Crippen LogP contribution in [0.25, 0.3) is 0 Å². The van der Waals surface area contributed by atoms with E-state index in [1.165, 1.54) is 5.69 Å². The minimum absolute atomic E-state index is 0.0910. The topological polar surface area (TPSA) is 30.2 Å². The lowest BCUT2D eigenvalue weighted by Crippen LogP contribution is -2.38. The first kappa shape index (κ1) is 16.5. The number of ether oxygens (including phenoxy) is 1. The van der Waals surface area contributed by atoms with E-state index in [0.717, 1.165) is 12.8 Å². The van der Waals surface area contributed by atoms with Crippen LogP contribution in [0.2, 0.25) is 0 Å². The van der Waals surface area contributed by atoms with Crippen molar-refractivity contribution in [2.75, 3.05) is 6.61 Å². The van der Waals surface area contributed by atoms with Crippen LogP contribution in [0, 0.1) is 0 Å². The highest BCUT2D eigenvalue weighted by molar-refractivity contribution is 6.50. The molecule has 1 aromatic rings. The van der Waals surface area contributed by atoms with Crippen molar-refractivity contribution in [1.29, 1.82) is 0 Å². The lowest BCUT2D eigenvalue weighted by Gasteiger charge is -2.05. The molecule has 1 aliphatic heterocycles. The van der Waals surface area contributed by atoms with E-state index in [4.69, 9.17) is 4.74 Å². The molecule has 0 aromatic carbocycles. The number of nitrogens with zero attached hydrogens (tertiary/aromatic N) is 1. The number of aryl methyl sites for hydroxylation is 1. The van der Waals surface area contributed by atoms with Gasteiger partial charge in [-0.15, -0.1) is 0 Å². The maximum atomic E-state index is 11.4. The molecule has 0 aliphatic carbocycles. The van der Waals surface area contributed by atoms with E-state index in [-0.39, 0.29) is 5.97 Å². The van der Waals surface area contributed by atoms with Crippen LogP contribution in [0.15, 0.2) is 24.4 Å². The van der Waals surface area contributed by atoms with Gasteiger partial charge in [-0.05, 0) is 6.92 Å². The smallest absolute Gasteiger partial charge is 0.466 e. The van der Waals surface area contributed by atoms with Crippen LogP contribution in [0.3, 0.4) is 0 Å². The second kappa shape index (κ2) is 7.26. The fourth-order valence-electron chi connectivity index (χ4n) is 2.13. The van der Waals surface area contributed by atoms with Gasteiger partial charge in [-0.25, -0.2) is 0 Å². The minimum Gasteiger partial charge on any atom is -0.466 e. The molecule has 0 spiro atoms. The van der Waals surface area contributed by atoms with Gasteiger partial charge in [-0.2, -0.15) is 4.57 Å². The van der Waals surface area contributed by atoms with E-state index in [1.54, 1.807) is 0 Å². The van der Waals surface area contributed by atoms with Crippen molar-refractivity contribution in [3.05, 3.63) is 30.1 Å². The lowest BCUT2D eigenvalue weighted by molar-refractivity contribution is -0.715. The molecule has 8 heteroatoms. The van der Waals surface area contributed by atoms with Crippen molar-refractivity contribution in [3.8, 4) is 0 Å². The van der Waals surface area contributed by atoms with Gasteiger partial charge in [-0.1, -0.05) is 6.07 Å². The first-order valence-electron chi connectivity index (χ1n) is 6.33. The third-order valence-electron chi connectivity index (χ3n) is 2.81. The predicted molar refractivity (Wildman–Crippen MR) is 65.4 cm³/mol. The highest BCUT2D eigenvalue weighted by Crippen LogP contribution is 2.20. The first-order valence-corrected chi connectivity index (χ1v) is 6.33. The van der Waals surface area contributed by atoms with E-state index in [9.17, 15) is 22.1 Å². The van der Waals surface area contributed by atoms with Crippen LogP contribution in [-0.2, 0) is 16.0 Å². The van der Waals surface area contributed by atoms with E-state index in [1.807, 2.05) is 25.3 Å². The summed E-state index contributed by atoms with van der Waals surface area (Å²) < 4.78 is 46.2. The molecule has 20 heavy (non-hydrogen) atoms. The molecule has 1 aromatic heterocycles. The van der Waals surface area contributed by atoms with Crippen LogP contribution in [0.4, 0.5) is 17.3 Å². The van der Waals surface area contributed by atoms with Crippen LogP contribution >= 0.6 is 0 Å². The van der Waals surface area contributed by atoms with Crippen molar-refractivity contribution in [3.63, 3.8) is 0 Å². The Morgan fingerprint density at radius 2 is 2.05 bits per heavy atom. The standard InChI is InChI=1S/C12H16NO2.BF4/c1-2-15-12(14)9-11-7-6-10-5-3-4-8-13(10)11;2-1(3,4)5/h3-5,8,11H,2,6-7,9H2,1H3;/q+1;-1. The van der Waals surface area contributed by atoms with E-state index in [2.05, 4.69) is 10.6 Å². The van der Waals surface area contributed by atoms with Gasteiger partial charge in [-0.3, -0.25) is 4.79 Å². The summed E-state index contributed by atoms with van der Waals surface area (Å²) in [6.45, 7) is 2.31. The number of carbonyl (C=O) groups excluding carboxylic acids is 1. The molecule has 0 amide bonds. The van der Waals surface area contributed by atoms with Gasteiger partial charge in [0.25, 0.3) is 0 Å². The molecule has 1 unspecified atom stereocenters. The normalized spacial score (nSPS) is 16.9. The molecule has 0 saturated carbocycles. The van der Waals surface area contributed by atoms with Crippen molar-refractivity contribution in [2.24, 2.45) is 0 Å². The second-order valence-corrected chi connectivity index (χ2v) is 4.30. The molecule has 0 saturated heterocycles. The summed E-state index contributed by atoms with van der Waals surface area (Å²) >= 11 is 0. The molecule has 1 aliphatic rings. The molecule has 2 heterocycles. The van der Waals surface area contributed by atoms with Gasteiger partial charge < -0.3 is 22.0 Å². The Balaban J connectivity index is 0.000000347. The summed E-state index contributed by atoms with van der Waals surface area (Å²) in [4.78, 5) is 11.4. The van der Waals surface area contributed by atoms with Gasteiger partial charge in [0.1, 0.15) is 6.42 Å². The van der Waals surface area contributed by atoms with Crippen molar-refractivity contribution in [1.82, 2.24) is 0 Å². The summed E-state index contributed by atoms with van der Waals surface area (Å²) in [7, 11) is -6.00. The summed E-state index contributed by atoms with van der Waals surface area (Å²) in [6.07, 6.45) is 4.65. The largest absolute Gasteiger partial charge is 0.673 e. The van der Waals surface area contributed by atoms with Crippen molar-refractivity contribution < 1.29 is 31.4 Å². The SMILES string of the molecule is CCOC(=O)CC1CCc2cccc[n+]21.F[B-](F)(F)F. The average molecular weight is 293 g/mol. The molecule has 3 nitrogen and oxygen atoms in total. The first-order chi connectivity index (χ1) is 9.31. The number of pyridine rings is 1. The van der Waals surface area contributed by atoms with Crippen molar-refractivity contribution in [2.45, 2.75) is 32.2 Å². The number of carbonyl (C=O) groups is 1. The Kier molecular flexibility index (Phi) is 5.97. The number of fused-ring (bicyclic) bond motifs is 1. The molecule has 0 bridgehead atoms. The van der Waals surface area contributed by atoms with Gasteiger partial charge >= 0.3 is 13.2 Å². The third kappa shape index (κ3) is 6.03. The van der Waals surface area contributed by atoms with Gasteiger partial charge in [0.15, 0.2) is 17.9 Å². The number of hydrogen-bond acceptors (Lipinski definition) is 2. The molecule has 0 fully saturated rings. The van der Waals surface area contributed by atoms with Crippen LogP contribution in [-0.4, -0.2) is 19.8 Å². The number of esters is 1. The number of rotatable bonds is 3. The molecular formula is C12H16BF4NO2. The monoisotopic (exact) mass is 293 g/mol. The highest BCUT2D eigenvalue weighted by atomic mass is 19.5. The average Bonchev–Trinajstić information content (AvgIpc) is 2.71. The molecule has 2 rings (SSSR count). The Bertz CT molecular complexity index is 447. The van der Waals surface area contributed by atoms with E-state index in [0.29, 0.717) is 19.1 Å². The second-order valence-electron chi connectivity index (χ2n) is 4.30. The predicted octanol–water partition coefficient (Wildman–Crippen LogP) is 2.71. The number of halogens is 4. The summed E-state index contributed by atoms with van der Waals surface area (Å²) in [6, 6.07) is 6.46. The quantitative estimate of drug-likeness (QED) is 0.371. The zero-order valence-electron chi connectivity index (χ0n) is 11.1. The van der Waals surface area contributed by atoms with E-state index >= 15 is 0 Å². The molecule has 0 radical (unpaired) electrons. The summed E-state index contributed by atoms with van der Waals surface area (Å²) in [5.41, 5.74) is 1.31. The Morgan fingerprint density at radius 3 is 2.65 bits per heavy atom. The van der Waals surface area contributed by atoms with E-state index < -0.39 is 7.25 Å². The third-order valence-corrected chi connectivity index (χ3v) is 2.81. The summed E-state index contributed by atoms with van der Waals surface area (Å²) in [5.74, 6) is -0.0910. The zero-order valence-corrected chi connectivity index (χ0v) is 11.1. The van der Waals surface area contributed by atoms with Crippen LogP contribution in [0.1, 0.15) is 31.5 Å². The zero-order chi connectivity index (χ0) is 15.2. The van der Waals surface area contributed by atoms with Crippen LogP contribution in [0.5, 0.6) is 0 Å². The van der Waals surface area contributed by atoms with Crippen molar-refractivity contribution >= 4 is 13.2 Å². The highest BCUT2D eigenvalue weighted by Gasteiger charge is 2.31. The number of hydrogen-bond donors (Lipinski definition) is 0. The Hall–Kier alpha value is -1.60. The van der Waals surface area contributed by atoms with Gasteiger partial charge in [0.05, 0.1) is 6.61 Å². The number of aromatic nitrogens is 1. The lowest BCUT2D eigenvalue weighted by atomic mass is 10.1. The fourth-order valence-corrected chi connectivity index (χ4v) is 2.13.